The molecule has 0 spiro atoms. The lowest BCUT2D eigenvalue weighted by Gasteiger charge is -2.07. The monoisotopic (exact) mass is 310 g/mol. The largest absolute Gasteiger partial charge is 0.507 e. The number of ketones is 1. The molecule has 0 aliphatic carbocycles. The molecule has 0 unspecified atom stereocenters. The summed E-state index contributed by atoms with van der Waals surface area (Å²) in [6.07, 6.45) is 8.50. The number of benzene rings is 2. The van der Waals surface area contributed by atoms with Crippen LogP contribution < -0.4 is 0 Å². The summed E-state index contributed by atoms with van der Waals surface area (Å²) in [5, 5.41) is 10.2. The van der Waals surface area contributed by atoms with Gasteiger partial charge >= 0.3 is 0 Å². The van der Waals surface area contributed by atoms with Crippen molar-refractivity contribution < 1.29 is 9.90 Å². The lowest BCUT2D eigenvalue weighted by atomic mass is 9.99. The molecular weight excluding hydrogens is 284 g/mol. The van der Waals surface area contributed by atoms with Gasteiger partial charge in [0.25, 0.3) is 0 Å². The molecule has 0 fully saturated rings. The highest BCUT2D eigenvalue weighted by Gasteiger charge is 2.13. The SMILES string of the molecule is CCCCCCCCc1ccc(C(=O)c2ccccc2)c(O)c1. The van der Waals surface area contributed by atoms with E-state index in [-0.39, 0.29) is 11.5 Å². The maximum atomic E-state index is 12.4. The number of rotatable bonds is 9. The molecular formula is C21H26O2. The first-order valence-corrected chi connectivity index (χ1v) is 8.64. The number of phenolic OH excluding ortho intramolecular Hbond substituents is 1. The van der Waals surface area contributed by atoms with Gasteiger partial charge in [0.2, 0.25) is 0 Å². The molecule has 2 heteroatoms. The molecule has 2 nitrogen and oxygen atoms in total. The van der Waals surface area contributed by atoms with Gasteiger partial charge in [-0.2, -0.15) is 0 Å². The predicted molar refractivity (Wildman–Crippen MR) is 95.1 cm³/mol. The highest BCUT2D eigenvalue weighted by Crippen LogP contribution is 2.23. The summed E-state index contributed by atoms with van der Waals surface area (Å²) in [7, 11) is 0. The van der Waals surface area contributed by atoms with E-state index in [0.29, 0.717) is 11.1 Å². The standard InChI is InChI=1S/C21H26O2/c1-2-3-4-5-6-8-11-17-14-15-19(20(22)16-17)21(23)18-12-9-7-10-13-18/h7,9-10,12-16,22H,2-6,8,11H2,1H3. The van der Waals surface area contributed by atoms with Crippen LogP contribution in [-0.4, -0.2) is 10.9 Å². The summed E-state index contributed by atoms with van der Waals surface area (Å²) in [4.78, 5) is 12.4. The molecule has 0 atom stereocenters. The number of carbonyl (C=O) groups excluding carboxylic acids is 1. The van der Waals surface area contributed by atoms with Crippen molar-refractivity contribution in [2.24, 2.45) is 0 Å². The summed E-state index contributed by atoms with van der Waals surface area (Å²) in [6, 6.07) is 14.5. The summed E-state index contributed by atoms with van der Waals surface area (Å²) >= 11 is 0. The van der Waals surface area contributed by atoms with E-state index in [2.05, 4.69) is 6.92 Å². The molecule has 0 heterocycles. The summed E-state index contributed by atoms with van der Waals surface area (Å²) in [5.41, 5.74) is 2.08. The number of carbonyl (C=O) groups is 1. The number of unbranched alkanes of at least 4 members (excludes halogenated alkanes) is 5. The first kappa shape index (κ1) is 17.3. The van der Waals surface area contributed by atoms with Gasteiger partial charge in [0, 0.05) is 5.56 Å². The average Bonchev–Trinajstić information content (AvgIpc) is 2.58. The van der Waals surface area contributed by atoms with Crippen molar-refractivity contribution in [1.29, 1.82) is 0 Å². The van der Waals surface area contributed by atoms with Crippen molar-refractivity contribution >= 4 is 5.78 Å². The zero-order valence-corrected chi connectivity index (χ0v) is 13.9. The lowest BCUT2D eigenvalue weighted by Crippen LogP contribution is -2.02. The van der Waals surface area contributed by atoms with Gasteiger partial charge in [-0.15, -0.1) is 0 Å². The predicted octanol–water partition coefficient (Wildman–Crippen LogP) is 5.53. The van der Waals surface area contributed by atoms with Crippen molar-refractivity contribution in [3.8, 4) is 5.75 Å². The molecule has 0 saturated carbocycles. The Hall–Kier alpha value is -2.09. The van der Waals surface area contributed by atoms with Gasteiger partial charge in [-0.1, -0.05) is 75.4 Å². The third-order valence-corrected chi connectivity index (χ3v) is 4.16. The minimum Gasteiger partial charge on any atom is -0.507 e. The summed E-state index contributed by atoms with van der Waals surface area (Å²) < 4.78 is 0. The van der Waals surface area contributed by atoms with E-state index >= 15 is 0 Å². The Bertz CT molecular complexity index is 617. The first-order valence-electron chi connectivity index (χ1n) is 8.64. The maximum absolute atomic E-state index is 12.4. The second-order valence-corrected chi connectivity index (χ2v) is 6.06. The Labute approximate surface area is 139 Å². The topological polar surface area (TPSA) is 37.3 Å². The van der Waals surface area contributed by atoms with Gasteiger partial charge in [0.05, 0.1) is 5.56 Å². The van der Waals surface area contributed by atoms with Crippen molar-refractivity contribution in [1.82, 2.24) is 0 Å². The van der Waals surface area contributed by atoms with E-state index in [1.165, 1.54) is 32.1 Å². The van der Waals surface area contributed by atoms with Gasteiger partial charge in [-0.05, 0) is 30.5 Å². The molecule has 0 amide bonds. The van der Waals surface area contributed by atoms with Crippen molar-refractivity contribution in [3.63, 3.8) is 0 Å². The molecule has 0 bridgehead atoms. The average molecular weight is 310 g/mol. The molecule has 0 aliphatic rings. The summed E-state index contributed by atoms with van der Waals surface area (Å²) in [6.45, 7) is 2.22. The number of hydrogen-bond acceptors (Lipinski definition) is 2. The van der Waals surface area contributed by atoms with Crippen LogP contribution in [-0.2, 0) is 6.42 Å². The van der Waals surface area contributed by atoms with E-state index in [4.69, 9.17) is 0 Å². The van der Waals surface area contributed by atoms with E-state index in [1.807, 2.05) is 24.3 Å². The van der Waals surface area contributed by atoms with Crippen LogP contribution in [0.25, 0.3) is 0 Å². The molecule has 0 radical (unpaired) electrons. The quantitative estimate of drug-likeness (QED) is 0.488. The molecule has 0 saturated heterocycles. The molecule has 122 valence electrons. The molecule has 2 aromatic rings. The van der Waals surface area contributed by atoms with E-state index in [9.17, 15) is 9.90 Å². The van der Waals surface area contributed by atoms with Crippen molar-refractivity contribution in [2.45, 2.75) is 51.9 Å². The first-order chi connectivity index (χ1) is 11.2. The number of hydrogen-bond donors (Lipinski definition) is 1. The fourth-order valence-electron chi connectivity index (χ4n) is 2.78. The van der Waals surface area contributed by atoms with Crippen LogP contribution in [0.5, 0.6) is 5.75 Å². The number of aromatic hydroxyl groups is 1. The van der Waals surface area contributed by atoms with Crippen LogP contribution in [0, 0.1) is 0 Å². The van der Waals surface area contributed by atoms with Gasteiger partial charge < -0.3 is 5.11 Å². The second kappa shape index (κ2) is 9.14. The molecule has 2 aromatic carbocycles. The highest BCUT2D eigenvalue weighted by atomic mass is 16.3. The van der Waals surface area contributed by atoms with E-state index in [0.717, 1.165) is 18.4 Å². The van der Waals surface area contributed by atoms with E-state index < -0.39 is 0 Å². The minimum absolute atomic E-state index is 0.0855. The summed E-state index contributed by atoms with van der Waals surface area (Å²) in [5.74, 6) is -0.0449. The fourth-order valence-corrected chi connectivity index (χ4v) is 2.78. The van der Waals surface area contributed by atoms with Crippen LogP contribution >= 0.6 is 0 Å². The number of aryl methyl sites for hydroxylation is 1. The van der Waals surface area contributed by atoms with Crippen LogP contribution in [0.1, 0.15) is 66.9 Å². The van der Waals surface area contributed by atoms with Gasteiger partial charge in [-0.25, -0.2) is 0 Å². The highest BCUT2D eigenvalue weighted by molar-refractivity contribution is 6.10. The third-order valence-electron chi connectivity index (χ3n) is 4.16. The normalized spacial score (nSPS) is 10.7. The van der Waals surface area contributed by atoms with Crippen molar-refractivity contribution in [2.75, 3.05) is 0 Å². The number of phenols is 1. The van der Waals surface area contributed by atoms with Crippen molar-refractivity contribution in [3.05, 3.63) is 65.2 Å². The zero-order valence-electron chi connectivity index (χ0n) is 13.9. The fraction of sp³-hybridized carbons (Fsp3) is 0.381. The smallest absolute Gasteiger partial charge is 0.196 e. The molecule has 0 aliphatic heterocycles. The van der Waals surface area contributed by atoms with Crippen LogP contribution in [0.2, 0.25) is 0 Å². The molecule has 2 rings (SSSR count). The minimum atomic E-state index is -0.130. The van der Waals surface area contributed by atoms with Gasteiger partial charge in [0.15, 0.2) is 5.78 Å². The Morgan fingerprint density at radius 3 is 2.30 bits per heavy atom. The van der Waals surface area contributed by atoms with E-state index in [1.54, 1.807) is 24.3 Å². The molecule has 23 heavy (non-hydrogen) atoms. The Morgan fingerprint density at radius 1 is 0.913 bits per heavy atom. The second-order valence-electron chi connectivity index (χ2n) is 6.06. The van der Waals surface area contributed by atoms with Gasteiger partial charge in [-0.3, -0.25) is 4.79 Å². The van der Waals surface area contributed by atoms with Crippen LogP contribution in [0.15, 0.2) is 48.5 Å². The Balaban J connectivity index is 1.92. The molecule has 1 N–H and O–H groups in total. The zero-order chi connectivity index (χ0) is 16.5. The maximum Gasteiger partial charge on any atom is 0.196 e. The molecule has 0 aromatic heterocycles. The van der Waals surface area contributed by atoms with Gasteiger partial charge in [0.1, 0.15) is 5.75 Å². The Morgan fingerprint density at radius 2 is 1.61 bits per heavy atom. The Kier molecular flexibility index (Phi) is 6.86. The van der Waals surface area contributed by atoms with Crippen LogP contribution in [0.4, 0.5) is 0 Å². The third kappa shape index (κ3) is 5.24. The van der Waals surface area contributed by atoms with Crippen LogP contribution in [0.3, 0.4) is 0 Å². The lowest BCUT2D eigenvalue weighted by molar-refractivity contribution is 0.103.